The molecule has 0 aromatic carbocycles. The quantitative estimate of drug-likeness (QED) is 0.498. The van der Waals surface area contributed by atoms with Crippen LogP contribution < -0.4 is 5.32 Å². The molecule has 0 aliphatic rings. The van der Waals surface area contributed by atoms with Gasteiger partial charge in [-0.1, -0.05) is 0 Å². The Labute approximate surface area is 49.8 Å². The van der Waals surface area contributed by atoms with E-state index in [2.05, 4.69) is 9.84 Å². The molecular weight excluding hydrogens is 129 g/mol. The van der Waals surface area contributed by atoms with Crippen molar-refractivity contribution in [1.29, 1.82) is 0 Å². The Morgan fingerprint density at radius 1 is 1.62 bits per heavy atom. The second kappa shape index (κ2) is 10.2. The van der Waals surface area contributed by atoms with Crippen LogP contribution in [0.15, 0.2) is 0 Å². The summed E-state index contributed by atoms with van der Waals surface area (Å²) in [5, 5.41) is 2.75. The Kier molecular flexibility index (Phi) is 14.0. The van der Waals surface area contributed by atoms with Crippen LogP contribution in [-0.4, -0.2) is 26.1 Å². The Bertz CT molecular complexity index is 58.5. The predicted octanol–water partition coefficient (Wildman–Crippen LogP) is -0.150. The van der Waals surface area contributed by atoms with Gasteiger partial charge in [-0.2, -0.15) is 0 Å². The van der Waals surface area contributed by atoms with Crippen LogP contribution >= 0.6 is 8.25 Å². The van der Waals surface area contributed by atoms with Gasteiger partial charge in [-0.3, -0.25) is 4.57 Å². The fourth-order valence-electron chi connectivity index (χ4n) is 0. The molecule has 0 aromatic heterocycles. The average Bonchev–Trinajstić information content (AvgIpc) is 1.69. The summed E-state index contributed by atoms with van der Waals surface area (Å²) in [4.78, 5) is 7.69. The maximum atomic E-state index is 9.33. The van der Waals surface area contributed by atoms with Crippen LogP contribution in [-0.2, 0) is 9.09 Å². The third-order valence-corrected chi connectivity index (χ3v) is 0.524. The molecule has 0 aliphatic carbocycles. The fraction of sp³-hybridized carbons (Fsp3) is 1.00. The van der Waals surface area contributed by atoms with E-state index in [0.29, 0.717) is 0 Å². The number of nitrogens with one attached hydrogen (secondary N) is 1. The Morgan fingerprint density at radius 2 is 1.75 bits per heavy atom. The van der Waals surface area contributed by atoms with Gasteiger partial charge in [0.25, 0.3) is 0 Å². The van der Waals surface area contributed by atoms with Crippen LogP contribution in [0.5, 0.6) is 0 Å². The largest absolute Gasteiger partial charge is 0.326 e. The standard InChI is InChI=1S/C2H7N.CH5O3P/c1-3-2;1-4-5(2)3/h3H,1-2H3;5H,1H3,(H,2,3). The first kappa shape index (κ1) is 11.0. The van der Waals surface area contributed by atoms with Gasteiger partial charge >= 0.3 is 8.25 Å². The summed E-state index contributed by atoms with van der Waals surface area (Å²) in [5.74, 6) is 0. The highest BCUT2D eigenvalue weighted by atomic mass is 31.1. The van der Waals surface area contributed by atoms with Gasteiger partial charge in [0, 0.05) is 7.11 Å². The van der Waals surface area contributed by atoms with Crippen molar-refractivity contribution in [3.63, 3.8) is 0 Å². The highest BCUT2D eigenvalue weighted by Gasteiger charge is 1.74. The zero-order valence-electron chi connectivity index (χ0n) is 5.26. The van der Waals surface area contributed by atoms with E-state index in [-0.39, 0.29) is 0 Å². The van der Waals surface area contributed by atoms with Gasteiger partial charge in [-0.15, -0.1) is 0 Å². The minimum atomic E-state index is -2.62. The highest BCUT2D eigenvalue weighted by Crippen LogP contribution is 2.09. The second-order valence-electron chi connectivity index (χ2n) is 0.970. The summed E-state index contributed by atoms with van der Waals surface area (Å²) in [6.07, 6.45) is 0. The van der Waals surface area contributed by atoms with Crippen LogP contribution in [0.1, 0.15) is 0 Å². The summed E-state index contributed by atoms with van der Waals surface area (Å²) < 4.78 is 13.2. The monoisotopic (exact) mass is 141 g/mol. The van der Waals surface area contributed by atoms with Crippen molar-refractivity contribution >= 4 is 8.25 Å². The van der Waals surface area contributed by atoms with Crippen LogP contribution in [0, 0.1) is 0 Å². The summed E-state index contributed by atoms with van der Waals surface area (Å²) in [6, 6.07) is 0. The Hall–Kier alpha value is 0.110. The van der Waals surface area contributed by atoms with E-state index in [1.54, 1.807) is 0 Å². The molecule has 0 saturated carbocycles. The first-order valence-corrected chi connectivity index (χ1v) is 3.30. The lowest BCUT2D eigenvalue weighted by molar-refractivity contribution is 0.343. The minimum Gasteiger partial charge on any atom is -0.326 e. The summed E-state index contributed by atoms with van der Waals surface area (Å²) in [5.41, 5.74) is 0. The van der Waals surface area contributed by atoms with Gasteiger partial charge in [-0.05, 0) is 14.1 Å². The van der Waals surface area contributed by atoms with E-state index in [9.17, 15) is 4.57 Å². The average molecular weight is 141 g/mol. The van der Waals surface area contributed by atoms with E-state index in [0.717, 1.165) is 0 Å². The Balaban J connectivity index is 0. The molecule has 0 radical (unpaired) electrons. The topological polar surface area (TPSA) is 58.6 Å². The van der Waals surface area contributed by atoms with Crippen molar-refractivity contribution in [2.75, 3.05) is 21.2 Å². The molecule has 0 rings (SSSR count). The molecule has 0 heterocycles. The van der Waals surface area contributed by atoms with Crippen molar-refractivity contribution in [2.45, 2.75) is 0 Å². The third-order valence-electron chi connectivity index (χ3n) is 0.175. The minimum absolute atomic E-state index is 1.18. The van der Waals surface area contributed by atoms with Gasteiger partial charge in [0.2, 0.25) is 0 Å². The summed E-state index contributed by atoms with van der Waals surface area (Å²) in [6.45, 7) is 0. The van der Waals surface area contributed by atoms with Gasteiger partial charge in [0.1, 0.15) is 0 Å². The molecule has 5 heteroatoms. The molecule has 4 nitrogen and oxygen atoms in total. The van der Waals surface area contributed by atoms with Crippen LogP contribution in [0.25, 0.3) is 0 Å². The van der Waals surface area contributed by atoms with Gasteiger partial charge < -0.3 is 14.7 Å². The van der Waals surface area contributed by atoms with Crippen molar-refractivity contribution in [2.24, 2.45) is 0 Å². The molecule has 1 unspecified atom stereocenters. The fourth-order valence-corrected chi connectivity index (χ4v) is 0. The lowest BCUT2D eigenvalue weighted by Gasteiger charge is -1.78. The molecule has 2 N–H and O–H groups in total. The van der Waals surface area contributed by atoms with E-state index in [1.165, 1.54) is 7.11 Å². The predicted molar refractivity (Wildman–Crippen MR) is 33.2 cm³/mol. The summed E-state index contributed by atoms with van der Waals surface area (Å²) in [7, 11) is 2.31. The lowest BCUT2D eigenvalue weighted by atomic mass is 11.3. The van der Waals surface area contributed by atoms with Gasteiger partial charge in [-0.25, -0.2) is 0 Å². The van der Waals surface area contributed by atoms with Crippen LogP contribution in [0.4, 0.5) is 0 Å². The van der Waals surface area contributed by atoms with Crippen LogP contribution in [0.3, 0.4) is 0 Å². The van der Waals surface area contributed by atoms with Crippen molar-refractivity contribution in [3.8, 4) is 0 Å². The van der Waals surface area contributed by atoms with Crippen molar-refractivity contribution in [3.05, 3.63) is 0 Å². The van der Waals surface area contributed by atoms with E-state index >= 15 is 0 Å². The number of hydrogen-bond donors (Lipinski definition) is 2. The molecule has 52 valence electrons. The molecule has 0 aliphatic heterocycles. The molecule has 0 bridgehead atoms. The molecule has 0 amide bonds. The van der Waals surface area contributed by atoms with Crippen LogP contribution in [0.2, 0.25) is 0 Å². The smallest absolute Gasteiger partial charge is 0.316 e. The van der Waals surface area contributed by atoms with Crippen molar-refractivity contribution in [1.82, 2.24) is 5.32 Å². The normalized spacial score (nSPS) is 11.5. The van der Waals surface area contributed by atoms with Gasteiger partial charge in [0.15, 0.2) is 0 Å². The van der Waals surface area contributed by atoms with Gasteiger partial charge in [0.05, 0.1) is 0 Å². The second-order valence-corrected chi connectivity index (χ2v) is 1.91. The lowest BCUT2D eigenvalue weighted by Crippen LogP contribution is -1.89. The number of hydrogen-bond acceptors (Lipinski definition) is 3. The van der Waals surface area contributed by atoms with E-state index in [4.69, 9.17) is 4.89 Å². The third kappa shape index (κ3) is 35.8. The molecule has 1 atom stereocenters. The van der Waals surface area contributed by atoms with E-state index in [1.807, 2.05) is 14.1 Å². The highest BCUT2D eigenvalue weighted by molar-refractivity contribution is 7.32. The maximum absolute atomic E-state index is 9.33. The molecule has 0 fully saturated rings. The Morgan fingerprint density at radius 3 is 1.75 bits per heavy atom. The molecule has 8 heavy (non-hydrogen) atoms. The molecular formula is C3H12NO3P. The first-order valence-electron chi connectivity index (χ1n) is 2.04. The van der Waals surface area contributed by atoms with Crippen molar-refractivity contribution < 1.29 is 14.0 Å². The molecule has 0 aromatic rings. The maximum Gasteiger partial charge on any atom is 0.316 e. The summed E-state index contributed by atoms with van der Waals surface area (Å²) >= 11 is 0. The molecule has 0 spiro atoms. The van der Waals surface area contributed by atoms with E-state index < -0.39 is 8.25 Å². The zero-order chi connectivity index (χ0) is 6.99. The molecule has 0 saturated heterocycles. The zero-order valence-corrected chi connectivity index (χ0v) is 6.26. The SMILES string of the molecule is CNC.CO[PH](=O)O. The number of rotatable bonds is 1. The first-order chi connectivity index (χ1) is 3.68.